The van der Waals surface area contributed by atoms with E-state index in [0.717, 1.165) is 17.5 Å². The van der Waals surface area contributed by atoms with Gasteiger partial charge in [-0.05, 0) is 89.8 Å². The normalized spacial score (nSPS) is 41.9. The van der Waals surface area contributed by atoms with E-state index in [9.17, 15) is 0 Å². The van der Waals surface area contributed by atoms with Crippen LogP contribution in [0.5, 0.6) is 0 Å². The van der Waals surface area contributed by atoms with Gasteiger partial charge in [0.05, 0.1) is 0 Å². The molecule has 0 aromatic carbocycles. The molecule has 4 bridgehead atoms. The molecule has 4 unspecified atom stereocenters. The largest absolute Gasteiger partial charge is 0.294 e. The van der Waals surface area contributed by atoms with Gasteiger partial charge in [0.2, 0.25) is 0 Å². The third-order valence-corrected chi connectivity index (χ3v) is 7.37. The third kappa shape index (κ3) is 1.68. The molecule has 1 aromatic heterocycles. The maximum absolute atomic E-state index is 4.84. The first-order chi connectivity index (χ1) is 10.3. The number of nitrogens with zero attached hydrogens (tertiary/aromatic N) is 2. The first-order valence-corrected chi connectivity index (χ1v) is 8.98. The topological polar surface area (TPSA) is 16.1 Å². The molecule has 1 aliphatic carbocycles. The fraction of sp³-hybridized carbons (Fsp3) is 0.750. The van der Waals surface area contributed by atoms with Gasteiger partial charge in [-0.3, -0.25) is 9.88 Å². The van der Waals surface area contributed by atoms with Crippen molar-refractivity contribution >= 4 is 0 Å². The smallest absolute Gasteiger partial charge is 0.0416 e. The maximum atomic E-state index is 4.84. The maximum Gasteiger partial charge on any atom is 0.0416 e. The molecule has 2 nitrogen and oxygen atoms in total. The highest BCUT2D eigenvalue weighted by atomic mass is 15.3. The summed E-state index contributed by atoms with van der Waals surface area (Å²) in [6.07, 6.45) is 4.18. The molecule has 22 heavy (non-hydrogen) atoms. The summed E-state index contributed by atoms with van der Waals surface area (Å²) in [5.74, 6) is 1.74. The van der Waals surface area contributed by atoms with Crippen molar-refractivity contribution in [3.63, 3.8) is 0 Å². The average molecular weight is 298 g/mol. The van der Waals surface area contributed by atoms with Crippen molar-refractivity contribution < 1.29 is 0 Å². The second-order valence-electron chi connectivity index (χ2n) is 8.89. The zero-order valence-electron chi connectivity index (χ0n) is 15.0. The number of rotatable bonds is 1. The highest BCUT2D eigenvalue weighted by Gasteiger charge is 2.62. The lowest BCUT2D eigenvalue weighted by atomic mass is 9.49. The van der Waals surface area contributed by atoms with Crippen LogP contribution in [0.15, 0.2) is 6.07 Å². The Hall–Kier alpha value is -0.890. The van der Waals surface area contributed by atoms with Crippen molar-refractivity contribution in [3.8, 4) is 0 Å². The molecule has 4 heterocycles. The minimum Gasteiger partial charge on any atom is -0.294 e. The van der Waals surface area contributed by atoms with E-state index in [1.807, 2.05) is 0 Å². The Bertz CT molecular complexity index is 610. The van der Waals surface area contributed by atoms with E-state index in [2.05, 4.69) is 52.5 Å². The molecule has 120 valence electrons. The molecule has 5 atom stereocenters. The van der Waals surface area contributed by atoms with E-state index in [1.165, 1.54) is 37.1 Å². The predicted molar refractivity (Wildman–Crippen MR) is 91.2 cm³/mol. The summed E-state index contributed by atoms with van der Waals surface area (Å²) in [6.45, 7) is 15.4. The minimum atomic E-state index is 0.343. The van der Waals surface area contributed by atoms with Gasteiger partial charge < -0.3 is 0 Å². The van der Waals surface area contributed by atoms with Gasteiger partial charge in [-0.25, -0.2) is 0 Å². The van der Waals surface area contributed by atoms with E-state index in [0.29, 0.717) is 17.0 Å². The molecular formula is C20H30N2. The van der Waals surface area contributed by atoms with Crippen LogP contribution in [0.4, 0.5) is 0 Å². The lowest BCUT2D eigenvalue weighted by Crippen LogP contribution is -2.73. The summed E-state index contributed by atoms with van der Waals surface area (Å²) in [5, 5.41) is 0. The second kappa shape index (κ2) is 4.35. The highest BCUT2D eigenvalue weighted by molar-refractivity contribution is 5.42. The van der Waals surface area contributed by atoms with E-state index >= 15 is 0 Å². The van der Waals surface area contributed by atoms with E-state index in [-0.39, 0.29) is 0 Å². The number of piperidine rings is 3. The Balaban J connectivity index is 1.89. The van der Waals surface area contributed by atoms with Crippen LogP contribution in [0, 0.1) is 32.6 Å². The van der Waals surface area contributed by atoms with Gasteiger partial charge in [-0.2, -0.15) is 0 Å². The Kier molecular flexibility index (Phi) is 2.90. The standard InChI is InChI=1S/C20H30N2/c1-12-7-13(2)21-14(3)18(12)20-9-16-8-17(10-20)19(5,6)22(11-16)15(20)4/h7,15-17H,8-11H2,1-6H3/t15-,16?,17?,20?/m1/s1. The van der Waals surface area contributed by atoms with Crippen LogP contribution < -0.4 is 0 Å². The van der Waals surface area contributed by atoms with Gasteiger partial charge in [-0.15, -0.1) is 0 Å². The number of aryl methyl sites for hydroxylation is 3. The fourth-order valence-corrected chi connectivity index (χ4v) is 6.52. The van der Waals surface area contributed by atoms with E-state index < -0.39 is 0 Å². The van der Waals surface area contributed by atoms with Gasteiger partial charge in [-0.1, -0.05) is 0 Å². The van der Waals surface area contributed by atoms with Crippen molar-refractivity contribution in [3.05, 3.63) is 28.6 Å². The SMILES string of the molecule is Cc1cc(C)c(C23CC4CC(C2)C(C)(C)N(C4)[C@@H]3C)c(C)n1. The highest BCUT2D eigenvalue weighted by Crippen LogP contribution is 2.61. The summed E-state index contributed by atoms with van der Waals surface area (Å²) in [5.41, 5.74) is 6.22. The molecule has 0 spiro atoms. The summed E-state index contributed by atoms with van der Waals surface area (Å²) in [4.78, 5) is 7.67. The van der Waals surface area contributed by atoms with Crippen LogP contribution in [-0.4, -0.2) is 28.0 Å². The number of hydrogen-bond acceptors (Lipinski definition) is 2. The molecule has 4 fully saturated rings. The van der Waals surface area contributed by atoms with Crippen LogP contribution in [-0.2, 0) is 5.41 Å². The quantitative estimate of drug-likeness (QED) is 0.774. The van der Waals surface area contributed by atoms with Crippen LogP contribution in [0.3, 0.4) is 0 Å². The number of pyridine rings is 1. The summed E-state index contributed by atoms with van der Waals surface area (Å²) < 4.78 is 0. The van der Waals surface area contributed by atoms with Crippen molar-refractivity contribution in [2.45, 2.75) is 77.8 Å². The Morgan fingerprint density at radius 2 is 1.91 bits per heavy atom. The van der Waals surface area contributed by atoms with Crippen LogP contribution in [0.25, 0.3) is 0 Å². The molecule has 3 aliphatic heterocycles. The van der Waals surface area contributed by atoms with Crippen LogP contribution >= 0.6 is 0 Å². The minimum absolute atomic E-state index is 0.343. The Morgan fingerprint density at radius 3 is 2.59 bits per heavy atom. The zero-order valence-corrected chi connectivity index (χ0v) is 15.0. The van der Waals surface area contributed by atoms with Gasteiger partial charge in [0.15, 0.2) is 0 Å². The van der Waals surface area contributed by atoms with Gasteiger partial charge in [0, 0.05) is 34.9 Å². The molecule has 4 aliphatic rings. The molecule has 0 radical (unpaired) electrons. The van der Waals surface area contributed by atoms with Crippen LogP contribution in [0.1, 0.15) is 62.5 Å². The van der Waals surface area contributed by atoms with Crippen molar-refractivity contribution in [2.24, 2.45) is 11.8 Å². The summed E-state index contributed by atoms with van der Waals surface area (Å²) in [7, 11) is 0. The summed E-state index contributed by atoms with van der Waals surface area (Å²) >= 11 is 0. The van der Waals surface area contributed by atoms with Crippen molar-refractivity contribution in [2.75, 3.05) is 6.54 Å². The molecule has 1 aromatic rings. The molecule has 1 saturated carbocycles. The van der Waals surface area contributed by atoms with Crippen molar-refractivity contribution in [1.82, 2.24) is 9.88 Å². The Labute approximate surface area is 135 Å². The van der Waals surface area contributed by atoms with Crippen molar-refractivity contribution in [1.29, 1.82) is 0 Å². The van der Waals surface area contributed by atoms with Gasteiger partial charge in [0.1, 0.15) is 0 Å². The molecule has 2 heteroatoms. The number of aromatic nitrogens is 1. The fourth-order valence-electron chi connectivity index (χ4n) is 6.52. The van der Waals surface area contributed by atoms with Gasteiger partial charge >= 0.3 is 0 Å². The number of hydrogen-bond donors (Lipinski definition) is 0. The second-order valence-corrected chi connectivity index (χ2v) is 8.89. The predicted octanol–water partition coefficient (Wildman–Crippen LogP) is 4.16. The van der Waals surface area contributed by atoms with E-state index in [1.54, 1.807) is 5.56 Å². The van der Waals surface area contributed by atoms with Gasteiger partial charge in [0.25, 0.3) is 0 Å². The lowest BCUT2D eigenvalue weighted by molar-refractivity contribution is -0.157. The lowest BCUT2D eigenvalue weighted by Gasteiger charge is -2.69. The summed E-state index contributed by atoms with van der Waals surface area (Å²) in [6, 6.07) is 2.94. The molecular weight excluding hydrogens is 268 g/mol. The van der Waals surface area contributed by atoms with E-state index in [4.69, 9.17) is 4.98 Å². The molecule has 0 amide bonds. The first-order valence-electron chi connectivity index (χ1n) is 8.98. The first kappa shape index (κ1) is 14.7. The Morgan fingerprint density at radius 1 is 1.18 bits per heavy atom. The zero-order chi connectivity index (χ0) is 15.9. The van der Waals surface area contributed by atoms with Crippen LogP contribution in [0.2, 0.25) is 0 Å². The molecule has 5 rings (SSSR count). The monoisotopic (exact) mass is 298 g/mol. The molecule has 0 N–H and O–H groups in total. The average Bonchev–Trinajstić information content (AvgIpc) is 2.39. The third-order valence-electron chi connectivity index (χ3n) is 7.37. The molecule has 3 saturated heterocycles.